The summed E-state index contributed by atoms with van der Waals surface area (Å²) in [5.41, 5.74) is 5.73. The molecule has 22 heavy (non-hydrogen) atoms. The molecular formula is C14H24ClN5O2. The first-order chi connectivity index (χ1) is 9.98. The molecule has 1 fully saturated rings. The Hall–Kier alpha value is -1.60. The second-order valence-electron chi connectivity index (χ2n) is 5.74. The average Bonchev–Trinajstić information content (AvgIpc) is 3.07. The van der Waals surface area contributed by atoms with Crippen molar-refractivity contribution in [3.63, 3.8) is 0 Å². The maximum atomic E-state index is 12.3. The van der Waals surface area contributed by atoms with Gasteiger partial charge in [-0.25, -0.2) is 0 Å². The summed E-state index contributed by atoms with van der Waals surface area (Å²) in [4.78, 5) is 24.0. The van der Waals surface area contributed by atoms with Crippen molar-refractivity contribution in [3.8, 4) is 0 Å². The average molecular weight is 330 g/mol. The predicted octanol–water partition coefficient (Wildman–Crippen LogP) is 0.264. The highest BCUT2D eigenvalue weighted by Crippen LogP contribution is 2.37. The van der Waals surface area contributed by atoms with Gasteiger partial charge in [-0.05, 0) is 19.9 Å². The number of halogens is 1. The van der Waals surface area contributed by atoms with Crippen LogP contribution < -0.4 is 16.4 Å². The fourth-order valence-corrected chi connectivity index (χ4v) is 2.96. The van der Waals surface area contributed by atoms with E-state index in [0.717, 1.165) is 31.2 Å². The van der Waals surface area contributed by atoms with Crippen molar-refractivity contribution in [2.24, 2.45) is 18.2 Å². The Morgan fingerprint density at radius 3 is 2.55 bits per heavy atom. The molecule has 124 valence electrons. The molecule has 1 aliphatic rings. The van der Waals surface area contributed by atoms with Crippen LogP contribution in [0.1, 0.15) is 37.3 Å². The van der Waals surface area contributed by atoms with Gasteiger partial charge in [0.25, 0.3) is 0 Å². The lowest BCUT2D eigenvalue weighted by molar-refractivity contribution is -0.128. The number of aromatic nitrogens is 2. The van der Waals surface area contributed by atoms with Crippen LogP contribution in [-0.2, 0) is 16.6 Å². The third kappa shape index (κ3) is 3.78. The van der Waals surface area contributed by atoms with E-state index < -0.39 is 11.5 Å². The molecule has 0 aliphatic heterocycles. The summed E-state index contributed by atoms with van der Waals surface area (Å²) >= 11 is 0. The van der Waals surface area contributed by atoms with Crippen molar-refractivity contribution in [2.45, 2.75) is 31.7 Å². The fourth-order valence-electron chi connectivity index (χ4n) is 2.96. The Morgan fingerprint density at radius 2 is 2.09 bits per heavy atom. The zero-order valence-corrected chi connectivity index (χ0v) is 13.8. The lowest BCUT2D eigenvalue weighted by Gasteiger charge is -2.26. The van der Waals surface area contributed by atoms with Crippen LogP contribution in [0.25, 0.3) is 0 Å². The molecule has 1 atom stereocenters. The topological polar surface area (TPSA) is 102 Å². The van der Waals surface area contributed by atoms with Gasteiger partial charge in [-0.1, -0.05) is 12.8 Å². The van der Waals surface area contributed by atoms with Crippen molar-refractivity contribution in [1.82, 2.24) is 20.4 Å². The maximum Gasteiger partial charge on any atom is 0.241 e. The van der Waals surface area contributed by atoms with E-state index in [9.17, 15) is 9.59 Å². The molecular weight excluding hydrogens is 306 g/mol. The highest BCUT2D eigenvalue weighted by Gasteiger charge is 2.40. The smallest absolute Gasteiger partial charge is 0.241 e. The molecule has 1 aromatic rings. The standard InChI is InChI=1S/C14H23N5O2.ClH/c1-16-11(10-7-18-19(2)8-10)12(20)17-9-14(13(15)21)5-3-4-6-14;/h7-8,11,16H,3-6,9H2,1-2H3,(H2,15,21)(H,17,20);1H. The number of carbonyl (C=O) groups excluding carboxylic acids is 2. The maximum absolute atomic E-state index is 12.3. The highest BCUT2D eigenvalue weighted by atomic mass is 35.5. The summed E-state index contributed by atoms with van der Waals surface area (Å²) in [5, 5.41) is 9.90. The van der Waals surface area contributed by atoms with Crippen molar-refractivity contribution in [1.29, 1.82) is 0 Å². The van der Waals surface area contributed by atoms with Crippen LogP contribution in [0.2, 0.25) is 0 Å². The summed E-state index contributed by atoms with van der Waals surface area (Å²) in [6.45, 7) is 0.305. The second kappa shape index (κ2) is 7.60. The first kappa shape index (κ1) is 18.4. The third-order valence-corrected chi connectivity index (χ3v) is 4.29. The van der Waals surface area contributed by atoms with E-state index in [0.29, 0.717) is 6.54 Å². The Kier molecular flexibility index (Phi) is 6.37. The molecule has 0 saturated heterocycles. The molecule has 0 aromatic carbocycles. The Morgan fingerprint density at radius 1 is 1.45 bits per heavy atom. The van der Waals surface area contributed by atoms with Crippen LogP contribution in [-0.4, -0.2) is 35.2 Å². The Bertz CT molecular complexity index is 525. The normalized spacial score (nSPS) is 17.5. The molecule has 0 radical (unpaired) electrons. The quantitative estimate of drug-likeness (QED) is 0.697. The van der Waals surface area contributed by atoms with Gasteiger partial charge >= 0.3 is 0 Å². The minimum Gasteiger partial charge on any atom is -0.369 e. The molecule has 1 unspecified atom stereocenters. The van der Waals surface area contributed by atoms with Gasteiger partial charge in [-0.2, -0.15) is 5.10 Å². The molecule has 1 aliphatic carbocycles. The predicted molar refractivity (Wildman–Crippen MR) is 85.4 cm³/mol. The van der Waals surface area contributed by atoms with Gasteiger partial charge in [0, 0.05) is 25.4 Å². The van der Waals surface area contributed by atoms with Gasteiger partial charge in [-0.3, -0.25) is 14.3 Å². The third-order valence-electron chi connectivity index (χ3n) is 4.29. The number of hydrogen-bond donors (Lipinski definition) is 3. The Balaban J connectivity index is 0.00000242. The van der Waals surface area contributed by atoms with E-state index in [1.54, 1.807) is 31.2 Å². The SMILES string of the molecule is CNC(C(=O)NCC1(C(N)=O)CCCC1)c1cnn(C)c1.Cl. The van der Waals surface area contributed by atoms with Gasteiger partial charge in [0.15, 0.2) is 0 Å². The van der Waals surface area contributed by atoms with E-state index in [2.05, 4.69) is 15.7 Å². The van der Waals surface area contributed by atoms with Crippen LogP contribution in [0.15, 0.2) is 12.4 Å². The summed E-state index contributed by atoms with van der Waals surface area (Å²) in [5.74, 6) is -0.485. The minimum absolute atomic E-state index is 0. The monoisotopic (exact) mass is 329 g/mol. The zero-order chi connectivity index (χ0) is 15.5. The first-order valence-electron chi connectivity index (χ1n) is 7.22. The van der Waals surface area contributed by atoms with Crippen LogP contribution in [0.4, 0.5) is 0 Å². The number of nitrogens with zero attached hydrogens (tertiary/aromatic N) is 2. The number of rotatable bonds is 6. The van der Waals surface area contributed by atoms with Crippen molar-refractivity contribution < 1.29 is 9.59 Å². The van der Waals surface area contributed by atoms with Crippen LogP contribution in [0, 0.1) is 5.41 Å². The number of aryl methyl sites for hydroxylation is 1. The molecule has 0 spiro atoms. The molecule has 1 saturated carbocycles. The van der Waals surface area contributed by atoms with Crippen LogP contribution in [0.3, 0.4) is 0 Å². The highest BCUT2D eigenvalue weighted by molar-refractivity contribution is 5.86. The molecule has 7 nitrogen and oxygen atoms in total. The molecule has 2 amide bonds. The largest absolute Gasteiger partial charge is 0.369 e. The first-order valence-corrected chi connectivity index (χ1v) is 7.22. The van der Waals surface area contributed by atoms with Gasteiger partial charge < -0.3 is 16.4 Å². The van der Waals surface area contributed by atoms with Gasteiger partial charge in [0.1, 0.15) is 6.04 Å². The molecule has 2 rings (SSSR count). The number of amides is 2. The number of nitrogens with two attached hydrogens (primary N) is 1. The fraction of sp³-hybridized carbons (Fsp3) is 0.643. The Labute approximate surface area is 136 Å². The number of nitrogens with one attached hydrogen (secondary N) is 2. The van der Waals surface area contributed by atoms with Gasteiger partial charge in [0.2, 0.25) is 11.8 Å². The van der Waals surface area contributed by atoms with E-state index >= 15 is 0 Å². The molecule has 8 heteroatoms. The van der Waals surface area contributed by atoms with E-state index in [1.165, 1.54) is 0 Å². The number of carbonyl (C=O) groups is 2. The number of likely N-dealkylation sites (N-methyl/N-ethyl adjacent to an activating group) is 1. The summed E-state index contributed by atoms with van der Waals surface area (Å²) in [7, 11) is 3.52. The summed E-state index contributed by atoms with van der Waals surface area (Å²) in [6.07, 6.45) is 6.91. The molecule has 1 heterocycles. The number of primary amides is 1. The van der Waals surface area contributed by atoms with Crippen molar-refractivity contribution in [2.75, 3.05) is 13.6 Å². The van der Waals surface area contributed by atoms with Gasteiger partial charge in [0.05, 0.1) is 11.6 Å². The molecule has 4 N–H and O–H groups in total. The summed E-state index contributed by atoms with van der Waals surface area (Å²) in [6, 6.07) is -0.481. The zero-order valence-electron chi connectivity index (χ0n) is 13.0. The second-order valence-corrected chi connectivity index (χ2v) is 5.74. The minimum atomic E-state index is -0.580. The summed E-state index contributed by atoms with van der Waals surface area (Å²) < 4.78 is 1.65. The van der Waals surface area contributed by atoms with Crippen molar-refractivity contribution in [3.05, 3.63) is 18.0 Å². The van der Waals surface area contributed by atoms with Gasteiger partial charge in [-0.15, -0.1) is 12.4 Å². The lowest BCUT2D eigenvalue weighted by atomic mass is 9.85. The molecule has 0 bridgehead atoms. The molecule has 1 aromatic heterocycles. The van der Waals surface area contributed by atoms with E-state index in [-0.39, 0.29) is 24.2 Å². The van der Waals surface area contributed by atoms with E-state index in [1.807, 2.05) is 0 Å². The van der Waals surface area contributed by atoms with E-state index in [4.69, 9.17) is 5.73 Å². The lowest BCUT2D eigenvalue weighted by Crippen LogP contribution is -2.47. The number of hydrogen-bond acceptors (Lipinski definition) is 4. The van der Waals surface area contributed by atoms with Crippen molar-refractivity contribution >= 4 is 24.2 Å². The van der Waals surface area contributed by atoms with Crippen LogP contribution >= 0.6 is 12.4 Å². The van der Waals surface area contributed by atoms with Crippen LogP contribution in [0.5, 0.6) is 0 Å².